The molecule has 0 saturated carbocycles. The van der Waals surface area contributed by atoms with Crippen LogP contribution in [0.2, 0.25) is 5.02 Å². The summed E-state index contributed by atoms with van der Waals surface area (Å²) in [5.41, 5.74) is 8.86. The molecular weight excluding hydrogens is 658 g/mol. The van der Waals surface area contributed by atoms with E-state index in [0.29, 0.717) is 41.4 Å². The molecule has 3 unspecified atom stereocenters. The van der Waals surface area contributed by atoms with E-state index in [2.05, 4.69) is 66.1 Å². The molecule has 0 saturated heterocycles. The number of aryl methyl sites for hydroxylation is 2. The van der Waals surface area contributed by atoms with Crippen molar-refractivity contribution in [1.82, 2.24) is 15.1 Å². The number of carbonyl (C=O) groups is 2. The zero-order chi connectivity index (χ0) is 35.8. The minimum atomic E-state index is -0.405. The maximum Gasteiger partial charge on any atom is 0.258 e. The van der Waals surface area contributed by atoms with Crippen molar-refractivity contribution in [1.29, 1.82) is 0 Å². The average molecular weight is 712 g/mol. The first-order valence-electron chi connectivity index (χ1n) is 17.2. The van der Waals surface area contributed by atoms with E-state index < -0.39 is 5.91 Å². The summed E-state index contributed by atoms with van der Waals surface area (Å²) < 4.78 is 12.7. The van der Waals surface area contributed by atoms with Gasteiger partial charge in [-0.15, -0.1) is 5.10 Å². The van der Waals surface area contributed by atoms with E-state index in [1.807, 2.05) is 24.3 Å². The summed E-state index contributed by atoms with van der Waals surface area (Å²) in [4.78, 5) is 25.5. The Labute approximate surface area is 303 Å². The molecule has 11 heteroatoms. The van der Waals surface area contributed by atoms with Gasteiger partial charge in [0.2, 0.25) is 11.8 Å². The maximum atomic E-state index is 11.9. The monoisotopic (exact) mass is 711 g/mol. The Bertz CT molecular complexity index is 1510. The van der Waals surface area contributed by atoms with E-state index in [9.17, 15) is 9.59 Å². The zero-order valence-electron chi connectivity index (χ0n) is 29.7. The highest BCUT2D eigenvalue weighted by atomic mass is 35.5. The highest BCUT2D eigenvalue weighted by Crippen LogP contribution is 2.35. The van der Waals surface area contributed by atoms with Crippen LogP contribution in [0.1, 0.15) is 78.7 Å². The van der Waals surface area contributed by atoms with Crippen LogP contribution in [-0.4, -0.2) is 61.2 Å². The molecule has 0 radical (unpaired) electrons. The molecule has 1 aromatic heterocycles. The quantitative estimate of drug-likeness (QED) is 0.106. The molecule has 0 bridgehead atoms. The minimum absolute atomic E-state index is 0.194. The lowest BCUT2D eigenvalue weighted by Crippen LogP contribution is -2.34. The van der Waals surface area contributed by atoms with Crippen LogP contribution in [0.4, 0.5) is 5.69 Å². The van der Waals surface area contributed by atoms with Crippen molar-refractivity contribution in [3.05, 3.63) is 82.5 Å². The molecule has 2 amide bonds. The molecule has 49 heavy (non-hydrogen) atoms. The van der Waals surface area contributed by atoms with Gasteiger partial charge < -0.3 is 25.4 Å². The Kier molecular flexibility index (Phi) is 16.9. The number of fused-ring (bicyclic) bond motifs is 1. The number of aromatic nitrogens is 2. The first-order chi connectivity index (χ1) is 23.6. The molecule has 268 valence electrons. The third kappa shape index (κ3) is 13.0. The molecule has 1 aliphatic heterocycles. The van der Waals surface area contributed by atoms with Crippen molar-refractivity contribution in [3.8, 4) is 11.6 Å². The van der Waals surface area contributed by atoms with Crippen molar-refractivity contribution in [3.63, 3.8) is 0 Å². The van der Waals surface area contributed by atoms with E-state index in [1.165, 1.54) is 17.4 Å². The molecule has 3 aromatic rings. The van der Waals surface area contributed by atoms with Crippen LogP contribution >= 0.6 is 24.2 Å². The maximum absolute atomic E-state index is 11.9. The molecule has 2 aromatic carbocycles. The van der Waals surface area contributed by atoms with Gasteiger partial charge in [0, 0.05) is 49.9 Å². The molecule has 1 aliphatic rings. The predicted octanol–water partition coefficient (Wildman–Crippen LogP) is 7.38. The Morgan fingerprint density at radius 2 is 2.04 bits per heavy atom. The zero-order valence-corrected chi connectivity index (χ0v) is 31.3. The molecule has 0 fully saturated rings. The summed E-state index contributed by atoms with van der Waals surface area (Å²) in [7, 11) is 4.78. The van der Waals surface area contributed by atoms with Gasteiger partial charge in [0.15, 0.2) is 0 Å². The normalized spacial score (nSPS) is 15.3. The van der Waals surface area contributed by atoms with Gasteiger partial charge in [-0.3, -0.25) is 14.3 Å². The van der Waals surface area contributed by atoms with Gasteiger partial charge in [-0.2, -0.15) is 12.6 Å². The van der Waals surface area contributed by atoms with Crippen LogP contribution in [0, 0.1) is 17.8 Å². The molecule has 0 spiro atoms. The second-order valence-corrected chi connectivity index (χ2v) is 13.6. The van der Waals surface area contributed by atoms with E-state index in [1.54, 1.807) is 26.4 Å². The number of nitrogens with zero attached hydrogens (tertiary/aromatic N) is 3. The highest BCUT2D eigenvalue weighted by molar-refractivity contribution is 7.80. The van der Waals surface area contributed by atoms with Crippen molar-refractivity contribution >= 4 is 41.7 Å². The topological polar surface area (TPSA) is 112 Å². The van der Waals surface area contributed by atoms with E-state index in [-0.39, 0.29) is 5.91 Å². The average Bonchev–Trinajstić information content (AvgIpc) is 3.40. The molecule has 3 atom stereocenters. The van der Waals surface area contributed by atoms with Crippen molar-refractivity contribution in [2.75, 3.05) is 44.5 Å². The number of ether oxygens (including phenoxy) is 2. The van der Waals surface area contributed by atoms with Crippen LogP contribution in [0.5, 0.6) is 11.6 Å². The number of anilines is 1. The Morgan fingerprint density at radius 1 is 1.24 bits per heavy atom. The summed E-state index contributed by atoms with van der Waals surface area (Å²) in [5, 5.41) is 7.22. The SMILES string of the molecule is CCC(CC/C=C/CC(C)CS)CN1CC(CCCc2cccc(Cl)c2)COc2ccc(C(N)=O)cc21.CNC(=O)c1cn(C)nc1OC. The van der Waals surface area contributed by atoms with Crippen molar-refractivity contribution in [2.45, 2.75) is 58.8 Å². The standard InChI is InChI=1S/C31H43ClN2O2S.C7H11N3O2/c1-3-24(10-6-4-5-9-23(2)22-37)19-34-20-26(13-7-11-25-12-8-14-28(32)17-25)21-36-30-16-15-27(31(33)35)18-29(30)34;1-8-6(11)5-4-10(2)9-7(5)12-3/h4-5,8,12,14-18,23-24,26,37H,3,6-7,9-11,13,19-22H2,1-2H3,(H2,33,35);4H,1-3H3,(H,8,11)/b5-4+;. The van der Waals surface area contributed by atoms with Crippen molar-refractivity contribution in [2.24, 2.45) is 30.5 Å². The Balaban J connectivity index is 0.000000456. The second kappa shape index (κ2) is 20.8. The van der Waals surface area contributed by atoms with Gasteiger partial charge >= 0.3 is 0 Å². The number of primary amides is 1. The lowest BCUT2D eigenvalue weighted by atomic mass is 9.96. The fourth-order valence-corrected chi connectivity index (χ4v) is 6.21. The molecular formula is C38H54ClN5O4S. The number of benzene rings is 2. The van der Waals surface area contributed by atoms with Crippen LogP contribution < -0.4 is 25.4 Å². The number of allylic oxidation sites excluding steroid dienone is 2. The van der Waals surface area contributed by atoms with E-state index >= 15 is 0 Å². The lowest BCUT2D eigenvalue weighted by molar-refractivity contribution is 0.0958. The number of hydrogen-bond donors (Lipinski definition) is 3. The van der Waals surface area contributed by atoms with Gasteiger partial charge in [-0.25, -0.2) is 0 Å². The molecule has 3 N–H and O–H groups in total. The van der Waals surface area contributed by atoms with Gasteiger partial charge in [-0.05, 0) is 92.0 Å². The summed E-state index contributed by atoms with van der Waals surface area (Å²) in [6.45, 7) is 7.04. The summed E-state index contributed by atoms with van der Waals surface area (Å²) in [6.07, 6.45) is 13.8. The van der Waals surface area contributed by atoms with E-state index in [4.69, 9.17) is 26.8 Å². The smallest absolute Gasteiger partial charge is 0.258 e. The number of amides is 2. The minimum Gasteiger partial charge on any atom is -0.491 e. The number of rotatable bonds is 16. The fraction of sp³-hybridized carbons (Fsp3) is 0.500. The molecule has 4 rings (SSSR count). The number of thiol groups is 1. The second-order valence-electron chi connectivity index (χ2n) is 12.8. The number of methoxy groups -OCH3 is 1. The summed E-state index contributed by atoms with van der Waals surface area (Å²) in [5.74, 6) is 3.09. The number of halogens is 1. The van der Waals surface area contributed by atoms with Gasteiger partial charge in [0.05, 0.1) is 19.4 Å². The van der Waals surface area contributed by atoms with Crippen LogP contribution in [0.25, 0.3) is 0 Å². The first-order valence-corrected chi connectivity index (χ1v) is 18.2. The third-order valence-electron chi connectivity index (χ3n) is 8.78. The number of nitrogens with two attached hydrogens (primary N) is 1. The number of nitrogens with one attached hydrogen (secondary N) is 1. The lowest BCUT2D eigenvalue weighted by Gasteiger charge is -2.30. The molecule has 2 heterocycles. The number of hydrogen-bond acceptors (Lipinski definition) is 7. The summed E-state index contributed by atoms with van der Waals surface area (Å²) in [6, 6.07) is 13.7. The third-order valence-corrected chi connectivity index (χ3v) is 9.64. The number of carbonyl (C=O) groups excluding carboxylic acids is 2. The van der Waals surface area contributed by atoms with Gasteiger partial charge in [-0.1, -0.05) is 56.2 Å². The van der Waals surface area contributed by atoms with Gasteiger partial charge in [0.25, 0.3) is 5.91 Å². The van der Waals surface area contributed by atoms with E-state index in [0.717, 1.165) is 80.2 Å². The molecule has 0 aliphatic carbocycles. The van der Waals surface area contributed by atoms with Crippen LogP contribution in [-0.2, 0) is 13.5 Å². The van der Waals surface area contributed by atoms with Gasteiger partial charge in [0.1, 0.15) is 11.3 Å². The fourth-order valence-electron chi connectivity index (χ4n) is 5.84. The Hall–Kier alpha value is -3.63. The van der Waals surface area contributed by atoms with Crippen LogP contribution in [0.3, 0.4) is 0 Å². The van der Waals surface area contributed by atoms with Crippen LogP contribution in [0.15, 0.2) is 60.8 Å². The summed E-state index contributed by atoms with van der Waals surface area (Å²) >= 11 is 10.5. The van der Waals surface area contributed by atoms with Crippen molar-refractivity contribution < 1.29 is 19.1 Å². The largest absolute Gasteiger partial charge is 0.491 e. The predicted molar refractivity (Wildman–Crippen MR) is 203 cm³/mol. The molecule has 9 nitrogen and oxygen atoms in total. The first kappa shape index (κ1) is 39.8. The Morgan fingerprint density at radius 3 is 2.71 bits per heavy atom. The highest BCUT2D eigenvalue weighted by Gasteiger charge is 2.26.